The second-order valence-electron chi connectivity index (χ2n) is 2.25. The van der Waals surface area contributed by atoms with Crippen LogP contribution in [-0.2, 0) is 0 Å². The van der Waals surface area contributed by atoms with E-state index in [2.05, 4.69) is 15.0 Å². The molecule has 0 aliphatic carbocycles. The molecule has 0 N–H and O–H groups in total. The minimum Gasteiger partial charge on any atom is -0.440 e. The highest BCUT2D eigenvalue weighted by Gasteiger charge is 2.02. The van der Waals surface area contributed by atoms with Crippen LogP contribution in [0.5, 0.6) is 0 Å². The highest BCUT2D eigenvalue weighted by Crippen LogP contribution is 2.22. The van der Waals surface area contributed by atoms with Crippen LogP contribution in [0.25, 0.3) is 0 Å². The molecule has 68 valence electrons. The summed E-state index contributed by atoms with van der Waals surface area (Å²) < 4.78 is 5.01. The third-order valence-corrected chi connectivity index (χ3v) is 2.14. The molecule has 0 fully saturated rings. The first kappa shape index (κ1) is 8.72. The molecule has 5 nitrogen and oxygen atoms in total. The van der Waals surface area contributed by atoms with Crippen molar-refractivity contribution in [3.8, 4) is 6.07 Å². The van der Waals surface area contributed by atoms with Crippen LogP contribution < -0.4 is 0 Å². The Labute approximate surface area is 83.8 Å². The maximum Gasteiger partial charge on any atom is 0.262 e. The summed E-state index contributed by atoms with van der Waals surface area (Å²) in [6.07, 6.45) is 5.96. The lowest BCUT2D eigenvalue weighted by Crippen LogP contribution is -1.86. The fourth-order valence-electron chi connectivity index (χ4n) is 0.777. The number of hydrogen-bond acceptors (Lipinski definition) is 6. The van der Waals surface area contributed by atoms with E-state index in [0.29, 0.717) is 15.9 Å². The topological polar surface area (TPSA) is 75.6 Å². The van der Waals surface area contributed by atoms with Gasteiger partial charge in [-0.15, -0.1) is 0 Å². The Bertz CT molecular complexity index is 445. The van der Waals surface area contributed by atoms with Gasteiger partial charge in [0.2, 0.25) is 0 Å². The molecule has 0 saturated heterocycles. The summed E-state index contributed by atoms with van der Waals surface area (Å²) in [7, 11) is 0. The van der Waals surface area contributed by atoms with Crippen LogP contribution in [0.3, 0.4) is 0 Å². The fourth-order valence-corrected chi connectivity index (χ4v) is 1.38. The van der Waals surface area contributed by atoms with Gasteiger partial charge < -0.3 is 4.42 Å². The van der Waals surface area contributed by atoms with Crippen molar-refractivity contribution in [1.29, 1.82) is 5.26 Å². The summed E-state index contributed by atoms with van der Waals surface area (Å²) in [6.45, 7) is 0. The molecule has 0 aliphatic heterocycles. The summed E-state index contributed by atoms with van der Waals surface area (Å²) in [5, 5.41) is 9.64. The van der Waals surface area contributed by atoms with Gasteiger partial charge >= 0.3 is 0 Å². The minimum atomic E-state index is 0.293. The lowest BCUT2D eigenvalue weighted by molar-refractivity contribution is 0.454. The predicted octanol–water partition coefficient (Wildman–Crippen LogP) is 1.49. The third kappa shape index (κ3) is 1.89. The molecular formula is C8H4N4OS. The first-order chi connectivity index (χ1) is 6.88. The highest BCUT2D eigenvalue weighted by molar-refractivity contribution is 7.99. The van der Waals surface area contributed by atoms with Gasteiger partial charge in [0.1, 0.15) is 17.4 Å². The third-order valence-electron chi connectivity index (χ3n) is 1.34. The van der Waals surface area contributed by atoms with Crippen LogP contribution in [0.2, 0.25) is 0 Å². The molecule has 6 heteroatoms. The molecule has 0 radical (unpaired) electrons. The quantitative estimate of drug-likeness (QED) is 0.737. The van der Waals surface area contributed by atoms with Crippen molar-refractivity contribution < 1.29 is 4.42 Å². The smallest absolute Gasteiger partial charge is 0.262 e. The highest BCUT2D eigenvalue weighted by atomic mass is 32.2. The van der Waals surface area contributed by atoms with E-state index in [1.54, 1.807) is 6.20 Å². The molecule has 2 aromatic heterocycles. The Balaban J connectivity index is 2.15. The summed E-state index contributed by atoms with van der Waals surface area (Å²) in [6, 6.07) is 1.89. The number of nitrogens with zero attached hydrogens (tertiary/aromatic N) is 4. The molecule has 0 saturated carbocycles. The second kappa shape index (κ2) is 3.89. The molecule has 0 aliphatic rings. The molecule has 0 atom stereocenters. The summed E-state index contributed by atoms with van der Waals surface area (Å²) in [5.74, 6) is 0. The average Bonchev–Trinajstić information content (AvgIpc) is 2.72. The van der Waals surface area contributed by atoms with Gasteiger partial charge in [0.05, 0.1) is 18.6 Å². The van der Waals surface area contributed by atoms with Crippen LogP contribution >= 0.6 is 11.8 Å². The first-order valence-electron chi connectivity index (χ1n) is 3.68. The Kier molecular flexibility index (Phi) is 2.42. The zero-order valence-electron chi connectivity index (χ0n) is 6.91. The van der Waals surface area contributed by atoms with E-state index in [-0.39, 0.29) is 0 Å². The number of aromatic nitrogens is 3. The zero-order valence-corrected chi connectivity index (χ0v) is 7.73. The molecule has 0 spiro atoms. The summed E-state index contributed by atoms with van der Waals surface area (Å²) in [5.41, 5.74) is 0.293. The van der Waals surface area contributed by atoms with E-state index in [9.17, 15) is 0 Å². The van der Waals surface area contributed by atoms with Gasteiger partial charge in [-0.1, -0.05) is 0 Å². The van der Waals surface area contributed by atoms with Crippen molar-refractivity contribution >= 4 is 11.8 Å². The minimum absolute atomic E-state index is 0.293. The predicted molar refractivity (Wildman–Crippen MR) is 47.4 cm³/mol. The summed E-state index contributed by atoms with van der Waals surface area (Å²) in [4.78, 5) is 11.8. The average molecular weight is 204 g/mol. The van der Waals surface area contributed by atoms with Gasteiger partial charge in [0.25, 0.3) is 5.22 Å². The maximum atomic E-state index is 8.49. The monoisotopic (exact) mass is 204 g/mol. The van der Waals surface area contributed by atoms with Crippen molar-refractivity contribution in [2.24, 2.45) is 0 Å². The van der Waals surface area contributed by atoms with Gasteiger partial charge in [0.15, 0.2) is 5.69 Å². The van der Waals surface area contributed by atoms with E-state index in [1.807, 2.05) is 6.07 Å². The molecule has 0 unspecified atom stereocenters. The molecule has 2 aromatic rings. The molecule has 0 aromatic carbocycles. The SMILES string of the molecule is N#Cc1cnc(Sc2ncco2)cn1. The Morgan fingerprint density at radius 1 is 1.29 bits per heavy atom. The van der Waals surface area contributed by atoms with E-state index in [4.69, 9.17) is 9.68 Å². The molecule has 0 amide bonds. The van der Waals surface area contributed by atoms with Crippen LogP contribution in [0.4, 0.5) is 0 Å². The maximum absolute atomic E-state index is 8.49. The molecule has 2 heterocycles. The fraction of sp³-hybridized carbons (Fsp3) is 0. The Morgan fingerprint density at radius 2 is 2.21 bits per heavy atom. The number of nitriles is 1. The number of hydrogen-bond donors (Lipinski definition) is 0. The standard InChI is InChI=1S/C8H4N4OS/c9-3-6-4-12-7(5-11-6)14-8-10-1-2-13-8/h1-2,4-5H. The van der Waals surface area contributed by atoms with Gasteiger partial charge in [-0.25, -0.2) is 15.0 Å². The van der Waals surface area contributed by atoms with Gasteiger partial charge in [0, 0.05) is 0 Å². The van der Waals surface area contributed by atoms with Crippen LogP contribution in [0.15, 0.2) is 39.5 Å². The second-order valence-corrected chi connectivity index (χ2v) is 3.22. The van der Waals surface area contributed by atoms with Crippen molar-refractivity contribution in [1.82, 2.24) is 15.0 Å². The lowest BCUT2D eigenvalue weighted by Gasteiger charge is -1.93. The van der Waals surface area contributed by atoms with Crippen molar-refractivity contribution in [2.45, 2.75) is 10.2 Å². The normalized spacial score (nSPS) is 9.64. The molecule has 0 bridgehead atoms. The number of rotatable bonds is 2. The Morgan fingerprint density at radius 3 is 2.79 bits per heavy atom. The van der Waals surface area contributed by atoms with Gasteiger partial charge in [-0.3, -0.25) is 0 Å². The molecule has 14 heavy (non-hydrogen) atoms. The lowest BCUT2D eigenvalue weighted by atomic mass is 10.5. The van der Waals surface area contributed by atoms with E-state index in [1.165, 1.54) is 30.4 Å². The van der Waals surface area contributed by atoms with Crippen LogP contribution in [-0.4, -0.2) is 15.0 Å². The van der Waals surface area contributed by atoms with Crippen LogP contribution in [0.1, 0.15) is 5.69 Å². The van der Waals surface area contributed by atoms with Gasteiger partial charge in [-0.05, 0) is 11.8 Å². The van der Waals surface area contributed by atoms with Gasteiger partial charge in [-0.2, -0.15) is 5.26 Å². The van der Waals surface area contributed by atoms with Crippen molar-refractivity contribution in [2.75, 3.05) is 0 Å². The van der Waals surface area contributed by atoms with Crippen LogP contribution in [0, 0.1) is 11.3 Å². The Hall–Kier alpha value is -1.87. The van der Waals surface area contributed by atoms with Crippen molar-refractivity contribution in [3.63, 3.8) is 0 Å². The summed E-state index contributed by atoms with van der Waals surface area (Å²) >= 11 is 1.25. The van der Waals surface area contributed by atoms with E-state index in [0.717, 1.165) is 0 Å². The molecule has 2 rings (SSSR count). The van der Waals surface area contributed by atoms with E-state index >= 15 is 0 Å². The van der Waals surface area contributed by atoms with E-state index < -0.39 is 0 Å². The van der Waals surface area contributed by atoms with Crippen molar-refractivity contribution in [3.05, 3.63) is 30.5 Å². The molecular weight excluding hydrogens is 200 g/mol. The number of oxazole rings is 1. The zero-order chi connectivity index (χ0) is 9.80. The first-order valence-corrected chi connectivity index (χ1v) is 4.49. The largest absolute Gasteiger partial charge is 0.440 e.